The highest BCUT2D eigenvalue weighted by Gasteiger charge is 2.10. The number of nitrogens with zero attached hydrogens (tertiary/aromatic N) is 2. The largest absolute Gasteiger partial charge is 0.316 e. The number of thiazole rings is 1. The number of carbonyl (C=O) groups excluding carboxylic acids is 1. The van der Waals surface area contributed by atoms with Crippen molar-refractivity contribution in [1.82, 2.24) is 4.98 Å². The van der Waals surface area contributed by atoms with Crippen LogP contribution in [0.2, 0.25) is 0 Å². The number of hydrogen-bond acceptors (Lipinski definition) is 6. The number of aromatic nitrogens is 1. The lowest BCUT2D eigenvalue weighted by Gasteiger charge is -2.01. The lowest BCUT2D eigenvalue weighted by molar-refractivity contribution is -0.113. The number of hydrogen-bond donors (Lipinski definition) is 1. The van der Waals surface area contributed by atoms with Crippen molar-refractivity contribution >= 4 is 45.3 Å². The number of thiophene rings is 1. The van der Waals surface area contributed by atoms with E-state index >= 15 is 0 Å². The Morgan fingerprint density at radius 1 is 1.26 bits per heavy atom. The highest BCUT2D eigenvalue weighted by Crippen LogP contribution is 2.28. The quantitative estimate of drug-likeness (QED) is 0.684. The second-order valence-electron chi connectivity index (χ2n) is 4.48. The number of nitrogens with one attached hydrogen (secondary N) is 1. The molecule has 4 nitrogen and oxygen atoms in total. The smallest absolute Gasteiger partial charge is 0.235 e. The van der Waals surface area contributed by atoms with Crippen LogP contribution in [0.5, 0.6) is 0 Å². The van der Waals surface area contributed by atoms with Gasteiger partial charge in [0, 0.05) is 10.9 Å². The van der Waals surface area contributed by atoms with Crippen LogP contribution in [-0.2, 0) is 4.79 Å². The standard InChI is InChI=1S/C16H11N3OS3/c17-8-12-6-7-21-15(12)19-14(20)10-23-16-18-13(9-22-16)11-4-2-1-3-5-11/h1-7,9H,10H2,(H,19,20). The molecule has 0 spiro atoms. The summed E-state index contributed by atoms with van der Waals surface area (Å²) in [6.45, 7) is 0. The maximum atomic E-state index is 12.0. The topological polar surface area (TPSA) is 65.8 Å². The molecule has 0 saturated heterocycles. The fourth-order valence-electron chi connectivity index (χ4n) is 1.85. The average molecular weight is 357 g/mol. The number of benzene rings is 1. The summed E-state index contributed by atoms with van der Waals surface area (Å²) >= 11 is 4.27. The third-order valence-corrected chi connectivity index (χ3v) is 5.77. The van der Waals surface area contributed by atoms with Crippen LogP contribution < -0.4 is 5.32 Å². The summed E-state index contributed by atoms with van der Waals surface area (Å²) in [5.41, 5.74) is 2.48. The van der Waals surface area contributed by atoms with Crippen molar-refractivity contribution in [3.63, 3.8) is 0 Å². The molecule has 0 fully saturated rings. The van der Waals surface area contributed by atoms with Crippen LogP contribution in [0, 0.1) is 11.3 Å². The van der Waals surface area contributed by atoms with E-state index in [0.29, 0.717) is 10.6 Å². The van der Waals surface area contributed by atoms with Gasteiger partial charge in [0.05, 0.1) is 17.0 Å². The van der Waals surface area contributed by atoms with Gasteiger partial charge in [0.15, 0.2) is 4.34 Å². The normalized spacial score (nSPS) is 10.2. The van der Waals surface area contributed by atoms with Gasteiger partial charge in [-0.25, -0.2) is 4.98 Å². The minimum absolute atomic E-state index is 0.134. The SMILES string of the molecule is N#Cc1ccsc1NC(=O)CSc1nc(-c2ccccc2)cs1. The number of nitriles is 1. The molecule has 2 aromatic heterocycles. The first-order chi connectivity index (χ1) is 11.3. The van der Waals surface area contributed by atoms with Gasteiger partial charge in [0.2, 0.25) is 5.91 Å². The molecule has 2 heterocycles. The first-order valence-electron chi connectivity index (χ1n) is 6.67. The fraction of sp³-hybridized carbons (Fsp3) is 0.0625. The summed E-state index contributed by atoms with van der Waals surface area (Å²) in [4.78, 5) is 16.5. The summed E-state index contributed by atoms with van der Waals surface area (Å²) < 4.78 is 0.852. The van der Waals surface area contributed by atoms with Crippen molar-refractivity contribution in [3.8, 4) is 17.3 Å². The zero-order chi connectivity index (χ0) is 16.1. The van der Waals surface area contributed by atoms with Gasteiger partial charge in [0.1, 0.15) is 11.1 Å². The molecule has 23 heavy (non-hydrogen) atoms. The average Bonchev–Trinajstić information content (AvgIpc) is 3.23. The number of thioether (sulfide) groups is 1. The maximum Gasteiger partial charge on any atom is 0.235 e. The first-order valence-corrected chi connectivity index (χ1v) is 9.42. The third-order valence-electron chi connectivity index (χ3n) is 2.92. The Labute approximate surface area is 145 Å². The molecule has 0 saturated carbocycles. The highest BCUT2D eigenvalue weighted by molar-refractivity contribution is 8.01. The Kier molecular flexibility index (Phi) is 5.08. The Morgan fingerprint density at radius 2 is 2.09 bits per heavy atom. The molecule has 1 aromatic carbocycles. The molecule has 0 unspecified atom stereocenters. The monoisotopic (exact) mass is 357 g/mol. The molecule has 1 amide bonds. The van der Waals surface area contributed by atoms with E-state index in [9.17, 15) is 4.79 Å². The lowest BCUT2D eigenvalue weighted by atomic mass is 10.2. The Bertz CT molecular complexity index is 849. The molecule has 114 valence electrons. The summed E-state index contributed by atoms with van der Waals surface area (Å²) in [7, 11) is 0. The Balaban J connectivity index is 1.58. The van der Waals surface area contributed by atoms with Crippen LogP contribution in [-0.4, -0.2) is 16.6 Å². The van der Waals surface area contributed by atoms with E-state index in [2.05, 4.69) is 16.4 Å². The minimum Gasteiger partial charge on any atom is -0.316 e. The zero-order valence-corrected chi connectivity index (χ0v) is 14.3. The molecule has 0 aliphatic carbocycles. The van der Waals surface area contributed by atoms with E-state index in [1.165, 1.54) is 34.4 Å². The predicted molar refractivity (Wildman–Crippen MR) is 95.9 cm³/mol. The number of carbonyl (C=O) groups is 1. The van der Waals surface area contributed by atoms with E-state index in [0.717, 1.165) is 15.6 Å². The minimum atomic E-state index is -0.134. The second kappa shape index (κ2) is 7.42. The van der Waals surface area contributed by atoms with Gasteiger partial charge >= 0.3 is 0 Å². The Hall–Kier alpha value is -2.14. The molecule has 0 atom stereocenters. The highest BCUT2D eigenvalue weighted by atomic mass is 32.2. The van der Waals surface area contributed by atoms with Crippen molar-refractivity contribution in [1.29, 1.82) is 5.26 Å². The Morgan fingerprint density at radius 3 is 2.87 bits per heavy atom. The number of anilines is 1. The third kappa shape index (κ3) is 3.99. The molecule has 7 heteroatoms. The summed E-state index contributed by atoms with van der Waals surface area (Å²) in [6, 6.07) is 13.7. The summed E-state index contributed by atoms with van der Waals surface area (Å²) in [5, 5.41) is 16.1. The van der Waals surface area contributed by atoms with Crippen molar-refractivity contribution in [2.45, 2.75) is 4.34 Å². The second-order valence-corrected chi connectivity index (χ2v) is 7.47. The predicted octanol–water partition coefficient (Wildman–Crippen LogP) is 4.47. The molecular formula is C16H11N3OS3. The number of rotatable bonds is 5. The van der Waals surface area contributed by atoms with Crippen LogP contribution >= 0.6 is 34.4 Å². The van der Waals surface area contributed by atoms with Gasteiger partial charge in [-0.15, -0.1) is 22.7 Å². The van der Waals surface area contributed by atoms with Crippen LogP contribution in [0.4, 0.5) is 5.00 Å². The zero-order valence-electron chi connectivity index (χ0n) is 11.9. The van der Waals surface area contributed by atoms with Crippen molar-refractivity contribution in [2.75, 3.05) is 11.1 Å². The number of amides is 1. The lowest BCUT2D eigenvalue weighted by Crippen LogP contribution is -2.13. The van der Waals surface area contributed by atoms with E-state index < -0.39 is 0 Å². The molecule has 0 bridgehead atoms. The van der Waals surface area contributed by atoms with Gasteiger partial charge in [-0.2, -0.15) is 5.26 Å². The van der Waals surface area contributed by atoms with Crippen LogP contribution in [0.25, 0.3) is 11.3 Å². The molecule has 0 radical (unpaired) electrons. The summed E-state index contributed by atoms with van der Waals surface area (Å²) in [5.74, 6) is 0.134. The molecule has 0 aliphatic rings. The van der Waals surface area contributed by atoms with Gasteiger partial charge in [0.25, 0.3) is 0 Å². The van der Waals surface area contributed by atoms with E-state index in [4.69, 9.17) is 5.26 Å². The van der Waals surface area contributed by atoms with Crippen molar-refractivity contribution in [3.05, 3.63) is 52.7 Å². The summed E-state index contributed by atoms with van der Waals surface area (Å²) in [6.07, 6.45) is 0. The maximum absolute atomic E-state index is 12.0. The van der Waals surface area contributed by atoms with Crippen molar-refractivity contribution < 1.29 is 4.79 Å². The van der Waals surface area contributed by atoms with E-state index in [1.54, 1.807) is 11.4 Å². The van der Waals surface area contributed by atoms with Gasteiger partial charge in [-0.3, -0.25) is 4.79 Å². The first kappa shape index (κ1) is 15.7. The van der Waals surface area contributed by atoms with E-state index in [1.807, 2.05) is 35.7 Å². The fourth-order valence-corrected chi connectivity index (χ4v) is 4.24. The van der Waals surface area contributed by atoms with Crippen LogP contribution in [0.3, 0.4) is 0 Å². The molecule has 0 aliphatic heterocycles. The van der Waals surface area contributed by atoms with E-state index in [-0.39, 0.29) is 11.7 Å². The molecular weight excluding hydrogens is 346 g/mol. The van der Waals surface area contributed by atoms with Crippen LogP contribution in [0.15, 0.2) is 51.5 Å². The molecule has 3 aromatic rings. The van der Waals surface area contributed by atoms with Gasteiger partial charge < -0.3 is 5.32 Å². The van der Waals surface area contributed by atoms with Gasteiger partial charge in [-0.05, 0) is 11.4 Å². The van der Waals surface area contributed by atoms with Crippen LogP contribution in [0.1, 0.15) is 5.56 Å². The van der Waals surface area contributed by atoms with Crippen molar-refractivity contribution in [2.24, 2.45) is 0 Å². The molecule has 3 rings (SSSR count). The van der Waals surface area contributed by atoms with Gasteiger partial charge in [-0.1, -0.05) is 42.1 Å². The molecule has 1 N–H and O–H groups in total.